The molecule has 1 atom stereocenters. The molecule has 0 bridgehead atoms. The van der Waals surface area contributed by atoms with Crippen molar-refractivity contribution in [1.82, 2.24) is 10.3 Å². The van der Waals surface area contributed by atoms with Crippen molar-refractivity contribution in [3.63, 3.8) is 0 Å². The van der Waals surface area contributed by atoms with Crippen molar-refractivity contribution in [3.05, 3.63) is 28.5 Å². The van der Waals surface area contributed by atoms with Gasteiger partial charge in [0, 0.05) is 18.7 Å². The highest BCUT2D eigenvalue weighted by molar-refractivity contribution is 6.31. The lowest BCUT2D eigenvalue weighted by Crippen LogP contribution is -2.33. The van der Waals surface area contributed by atoms with E-state index in [4.69, 9.17) is 11.6 Å². The molecule has 0 radical (unpaired) electrons. The van der Waals surface area contributed by atoms with Crippen molar-refractivity contribution in [2.45, 2.75) is 38.4 Å². The minimum atomic E-state index is -4.40. The number of nitrogens with zero attached hydrogens (tertiary/aromatic N) is 1. The minimum absolute atomic E-state index is 0.0957. The molecule has 1 fully saturated rings. The quantitative estimate of drug-likeness (QED) is 0.895. The maximum Gasteiger partial charge on any atom is 0.417 e. The molecule has 6 heteroatoms. The van der Waals surface area contributed by atoms with Crippen LogP contribution >= 0.6 is 11.6 Å². The zero-order valence-corrected chi connectivity index (χ0v) is 11.4. The molecule has 106 valence electrons. The standard InChI is InChI=1S/C13H16ClF3N2/c1-2-18-11(8-3-4-8)6-12-10(14)5-9(7-19-12)13(15,16)17/h5,7-8,11,18H,2-4,6H2,1H3. The first-order chi connectivity index (χ1) is 8.91. The molecule has 0 amide bonds. The van der Waals surface area contributed by atoms with E-state index in [0.717, 1.165) is 31.6 Å². The summed E-state index contributed by atoms with van der Waals surface area (Å²) in [6.07, 6.45) is -0.634. The van der Waals surface area contributed by atoms with E-state index in [1.54, 1.807) is 0 Å². The predicted molar refractivity (Wildman–Crippen MR) is 68.1 cm³/mol. The molecule has 1 heterocycles. The molecule has 1 saturated carbocycles. The number of hydrogen-bond donors (Lipinski definition) is 1. The van der Waals surface area contributed by atoms with E-state index in [-0.39, 0.29) is 11.1 Å². The maximum absolute atomic E-state index is 12.5. The number of nitrogens with one attached hydrogen (secondary N) is 1. The summed E-state index contributed by atoms with van der Waals surface area (Å²) in [5.41, 5.74) is -0.264. The molecule has 1 aliphatic rings. The van der Waals surface area contributed by atoms with Gasteiger partial charge in [0.1, 0.15) is 0 Å². The molecule has 2 nitrogen and oxygen atoms in total. The number of rotatable bonds is 5. The van der Waals surface area contributed by atoms with Crippen molar-refractivity contribution in [1.29, 1.82) is 0 Å². The smallest absolute Gasteiger partial charge is 0.314 e. The Morgan fingerprint density at radius 1 is 1.47 bits per heavy atom. The van der Waals surface area contributed by atoms with Crippen LogP contribution in [0.3, 0.4) is 0 Å². The fourth-order valence-corrected chi connectivity index (χ4v) is 2.39. The van der Waals surface area contributed by atoms with Gasteiger partial charge in [0.25, 0.3) is 0 Å². The molecule has 1 aliphatic carbocycles. The number of halogens is 4. The Labute approximate surface area is 115 Å². The maximum atomic E-state index is 12.5. The van der Waals surface area contributed by atoms with Gasteiger partial charge in [-0.2, -0.15) is 13.2 Å². The monoisotopic (exact) mass is 292 g/mol. The van der Waals surface area contributed by atoms with Gasteiger partial charge < -0.3 is 5.32 Å². The zero-order valence-electron chi connectivity index (χ0n) is 10.6. The van der Waals surface area contributed by atoms with Gasteiger partial charge in [0.15, 0.2) is 0 Å². The largest absolute Gasteiger partial charge is 0.417 e. The summed E-state index contributed by atoms with van der Waals surface area (Å²) in [6, 6.07) is 1.21. The second kappa shape index (κ2) is 5.67. The van der Waals surface area contributed by atoms with Crippen LogP contribution in [-0.4, -0.2) is 17.6 Å². The van der Waals surface area contributed by atoms with Crippen molar-refractivity contribution < 1.29 is 13.2 Å². The fraction of sp³-hybridized carbons (Fsp3) is 0.615. The Bertz CT molecular complexity index is 444. The normalized spacial score (nSPS) is 17.5. The van der Waals surface area contributed by atoms with E-state index in [9.17, 15) is 13.2 Å². The van der Waals surface area contributed by atoms with E-state index in [1.807, 2.05) is 6.92 Å². The molecule has 1 aromatic rings. The fourth-order valence-electron chi connectivity index (χ4n) is 2.15. The van der Waals surface area contributed by atoms with E-state index < -0.39 is 11.7 Å². The summed E-state index contributed by atoms with van der Waals surface area (Å²) < 4.78 is 37.5. The van der Waals surface area contributed by atoms with Crippen LogP contribution in [0.4, 0.5) is 13.2 Å². The molecule has 1 N–H and O–H groups in total. The molecule has 0 aromatic carbocycles. The Kier molecular flexibility index (Phi) is 4.36. The Morgan fingerprint density at radius 3 is 2.63 bits per heavy atom. The predicted octanol–water partition coefficient (Wildman–Crippen LogP) is 3.68. The van der Waals surface area contributed by atoms with Gasteiger partial charge in [-0.1, -0.05) is 18.5 Å². The lowest BCUT2D eigenvalue weighted by Gasteiger charge is -2.18. The summed E-state index contributed by atoms with van der Waals surface area (Å²) in [4.78, 5) is 3.88. The van der Waals surface area contributed by atoms with Crippen molar-refractivity contribution in [2.24, 2.45) is 5.92 Å². The van der Waals surface area contributed by atoms with Crippen LogP contribution in [-0.2, 0) is 12.6 Å². The van der Waals surface area contributed by atoms with E-state index in [2.05, 4.69) is 10.3 Å². The van der Waals surface area contributed by atoms with E-state index >= 15 is 0 Å². The van der Waals surface area contributed by atoms with E-state index in [0.29, 0.717) is 18.0 Å². The lowest BCUT2D eigenvalue weighted by molar-refractivity contribution is -0.137. The summed E-state index contributed by atoms with van der Waals surface area (Å²) in [5.74, 6) is 0.597. The van der Waals surface area contributed by atoms with Crippen LogP contribution in [0.2, 0.25) is 5.02 Å². The number of alkyl halides is 3. The second-order valence-electron chi connectivity index (χ2n) is 4.86. The average molecular weight is 293 g/mol. The SMILES string of the molecule is CCNC(Cc1ncc(C(F)(F)F)cc1Cl)C1CC1. The highest BCUT2D eigenvalue weighted by Gasteiger charge is 2.33. The van der Waals surface area contributed by atoms with Crippen LogP contribution in [0.15, 0.2) is 12.3 Å². The summed E-state index contributed by atoms with van der Waals surface area (Å²) >= 11 is 5.91. The number of likely N-dealkylation sites (N-methyl/N-ethyl adjacent to an activating group) is 1. The third-order valence-corrected chi connectivity index (χ3v) is 3.64. The van der Waals surface area contributed by atoms with Crippen molar-refractivity contribution in [2.75, 3.05) is 6.54 Å². The first-order valence-electron chi connectivity index (χ1n) is 6.36. The van der Waals surface area contributed by atoms with E-state index in [1.165, 1.54) is 0 Å². The Balaban J connectivity index is 2.12. The lowest BCUT2D eigenvalue weighted by atomic mass is 10.1. The first kappa shape index (κ1) is 14.6. The second-order valence-corrected chi connectivity index (χ2v) is 5.26. The van der Waals surface area contributed by atoms with Gasteiger partial charge in [0.05, 0.1) is 16.3 Å². The highest BCUT2D eigenvalue weighted by Crippen LogP contribution is 2.35. The zero-order chi connectivity index (χ0) is 14.0. The number of pyridine rings is 1. The molecule has 1 aromatic heterocycles. The Morgan fingerprint density at radius 2 is 2.16 bits per heavy atom. The number of hydrogen-bond acceptors (Lipinski definition) is 2. The van der Waals surface area contributed by atoms with Gasteiger partial charge in [-0.15, -0.1) is 0 Å². The molecule has 0 spiro atoms. The van der Waals surface area contributed by atoms with Gasteiger partial charge in [-0.3, -0.25) is 4.98 Å². The van der Waals surface area contributed by atoms with Crippen molar-refractivity contribution >= 4 is 11.6 Å². The van der Waals surface area contributed by atoms with Crippen molar-refractivity contribution in [3.8, 4) is 0 Å². The molecule has 0 aliphatic heterocycles. The topological polar surface area (TPSA) is 24.9 Å². The van der Waals surface area contributed by atoms with Crippen LogP contribution in [0.5, 0.6) is 0 Å². The molecule has 0 saturated heterocycles. The minimum Gasteiger partial charge on any atom is -0.314 e. The average Bonchev–Trinajstić information content (AvgIpc) is 3.13. The highest BCUT2D eigenvalue weighted by atomic mass is 35.5. The first-order valence-corrected chi connectivity index (χ1v) is 6.74. The molecule has 2 rings (SSSR count). The van der Waals surface area contributed by atoms with Crippen LogP contribution in [0, 0.1) is 5.92 Å². The summed E-state index contributed by atoms with van der Waals surface area (Å²) in [6.45, 7) is 2.84. The molecule has 1 unspecified atom stereocenters. The van der Waals surface area contributed by atoms with Gasteiger partial charge in [-0.05, 0) is 31.4 Å². The Hall–Kier alpha value is -0.810. The molecular formula is C13H16ClF3N2. The van der Waals surface area contributed by atoms with Gasteiger partial charge in [-0.25, -0.2) is 0 Å². The van der Waals surface area contributed by atoms with Gasteiger partial charge in [0.2, 0.25) is 0 Å². The summed E-state index contributed by atoms with van der Waals surface area (Å²) in [7, 11) is 0. The molecule has 19 heavy (non-hydrogen) atoms. The third kappa shape index (κ3) is 3.83. The summed E-state index contributed by atoms with van der Waals surface area (Å²) in [5, 5.41) is 3.44. The van der Waals surface area contributed by atoms with Gasteiger partial charge >= 0.3 is 6.18 Å². The van der Waals surface area contributed by atoms with Crippen LogP contribution in [0.25, 0.3) is 0 Å². The molecular weight excluding hydrogens is 277 g/mol. The van der Waals surface area contributed by atoms with Crippen LogP contribution in [0.1, 0.15) is 31.0 Å². The number of aromatic nitrogens is 1. The van der Waals surface area contributed by atoms with Crippen LogP contribution < -0.4 is 5.32 Å². The third-order valence-electron chi connectivity index (χ3n) is 3.32.